The van der Waals surface area contributed by atoms with E-state index < -0.39 is 0 Å². The normalized spacial score (nSPS) is 11.5. The molecule has 1 heteroatoms. The van der Waals surface area contributed by atoms with Crippen LogP contribution in [0, 0.1) is 5.41 Å². The Hall–Kier alpha value is -1.11. The second-order valence-electron chi connectivity index (χ2n) is 5.71. The maximum atomic E-state index is 11.0. The molecule has 0 spiro atoms. The lowest BCUT2D eigenvalue weighted by atomic mass is 9.85. The molecule has 0 bridgehead atoms. The first kappa shape index (κ1) is 13.0. The fourth-order valence-electron chi connectivity index (χ4n) is 1.86. The molecule has 0 atom stereocenters. The first-order valence-corrected chi connectivity index (χ1v) is 5.95. The van der Waals surface area contributed by atoms with Gasteiger partial charge >= 0.3 is 0 Å². The Kier molecular flexibility index (Phi) is 4.28. The zero-order chi connectivity index (χ0) is 12.2. The summed E-state index contributed by atoms with van der Waals surface area (Å²) in [7, 11) is 0. The van der Waals surface area contributed by atoms with Gasteiger partial charge in [-0.05, 0) is 36.3 Å². The highest BCUT2D eigenvalue weighted by atomic mass is 16.1. The molecule has 0 aliphatic rings. The number of Topliss-reactive ketones (excluding diaryl/α,β-unsaturated/α-hetero) is 1. The number of ketones is 1. The second-order valence-corrected chi connectivity index (χ2v) is 5.71. The van der Waals surface area contributed by atoms with Crippen LogP contribution in [-0.2, 0) is 17.6 Å². The van der Waals surface area contributed by atoms with Gasteiger partial charge in [0.15, 0.2) is 0 Å². The highest BCUT2D eigenvalue weighted by molar-refractivity contribution is 5.75. The average Bonchev–Trinajstić information content (AvgIpc) is 2.14. The van der Waals surface area contributed by atoms with E-state index in [-0.39, 0.29) is 5.78 Å². The average molecular weight is 218 g/mol. The number of carbonyl (C=O) groups excluding carboxylic acids is 1. The molecule has 1 nitrogen and oxygen atoms in total. The third-order valence-corrected chi connectivity index (χ3v) is 2.59. The van der Waals surface area contributed by atoms with Gasteiger partial charge in [0.2, 0.25) is 0 Å². The minimum absolute atomic E-state index is 0.269. The number of hydrogen-bond donors (Lipinski definition) is 0. The molecule has 16 heavy (non-hydrogen) atoms. The topological polar surface area (TPSA) is 17.1 Å². The Morgan fingerprint density at radius 1 is 1.12 bits per heavy atom. The van der Waals surface area contributed by atoms with Gasteiger partial charge in [-0.1, -0.05) is 45.0 Å². The second kappa shape index (κ2) is 5.29. The van der Waals surface area contributed by atoms with E-state index >= 15 is 0 Å². The lowest BCUT2D eigenvalue weighted by Crippen LogP contribution is -2.11. The first-order chi connectivity index (χ1) is 7.38. The van der Waals surface area contributed by atoms with E-state index in [9.17, 15) is 4.79 Å². The van der Waals surface area contributed by atoms with E-state index in [0.29, 0.717) is 11.8 Å². The predicted octanol–water partition coefficient (Wildman–Crippen LogP) is 3.80. The zero-order valence-electron chi connectivity index (χ0n) is 10.8. The van der Waals surface area contributed by atoms with Crippen LogP contribution >= 0.6 is 0 Å². The maximum absolute atomic E-state index is 11.0. The molecule has 0 unspecified atom stereocenters. The Labute approximate surface area is 98.9 Å². The largest absolute Gasteiger partial charge is 0.300 e. The molecule has 0 aliphatic carbocycles. The van der Waals surface area contributed by atoms with E-state index in [2.05, 4.69) is 45.0 Å². The van der Waals surface area contributed by atoms with E-state index in [1.54, 1.807) is 6.92 Å². The van der Waals surface area contributed by atoms with Crippen LogP contribution in [0.4, 0.5) is 0 Å². The molecule has 0 aliphatic heterocycles. The lowest BCUT2D eigenvalue weighted by Gasteiger charge is -2.20. The summed E-state index contributed by atoms with van der Waals surface area (Å²) < 4.78 is 0. The van der Waals surface area contributed by atoms with Crippen molar-refractivity contribution in [3.8, 4) is 0 Å². The molecule has 0 saturated carbocycles. The highest BCUT2D eigenvalue weighted by Crippen LogP contribution is 2.23. The van der Waals surface area contributed by atoms with Crippen LogP contribution in [0.2, 0.25) is 0 Å². The molecule has 0 radical (unpaired) electrons. The lowest BCUT2D eigenvalue weighted by molar-refractivity contribution is -0.116. The fourth-order valence-corrected chi connectivity index (χ4v) is 1.86. The molecule has 0 aromatic heterocycles. The van der Waals surface area contributed by atoms with Crippen LogP contribution in [0.3, 0.4) is 0 Å². The van der Waals surface area contributed by atoms with Crippen LogP contribution < -0.4 is 0 Å². The number of aryl methyl sites for hydroxylation is 1. The Morgan fingerprint density at radius 2 is 1.69 bits per heavy atom. The molecule has 0 N–H and O–H groups in total. The molecule has 1 rings (SSSR count). The molecule has 1 aromatic carbocycles. The molecule has 0 fully saturated rings. The van der Waals surface area contributed by atoms with Crippen molar-refractivity contribution in [1.82, 2.24) is 0 Å². The smallest absolute Gasteiger partial charge is 0.130 e. The van der Waals surface area contributed by atoms with Crippen molar-refractivity contribution < 1.29 is 4.79 Å². The summed E-state index contributed by atoms with van der Waals surface area (Å²) >= 11 is 0. The standard InChI is InChI=1S/C15H22O/c1-12(16)9-10-13-7-5-6-8-14(13)11-15(2,3)4/h5-8H,9-11H2,1-4H3. The summed E-state index contributed by atoms with van der Waals surface area (Å²) in [4.78, 5) is 11.0. The van der Waals surface area contributed by atoms with E-state index in [4.69, 9.17) is 0 Å². The third kappa shape index (κ3) is 4.61. The molecule has 88 valence electrons. The monoisotopic (exact) mass is 218 g/mol. The molecule has 1 aromatic rings. The minimum atomic E-state index is 0.269. The van der Waals surface area contributed by atoms with E-state index in [1.807, 2.05) is 0 Å². The van der Waals surface area contributed by atoms with E-state index in [0.717, 1.165) is 12.8 Å². The summed E-state index contributed by atoms with van der Waals surface area (Å²) in [5.41, 5.74) is 3.01. The van der Waals surface area contributed by atoms with Crippen molar-refractivity contribution in [2.45, 2.75) is 47.0 Å². The maximum Gasteiger partial charge on any atom is 0.130 e. The van der Waals surface area contributed by atoms with Gasteiger partial charge < -0.3 is 4.79 Å². The summed E-state index contributed by atoms with van der Waals surface area (Å²) in [6.45, 7) is 8.39. The molecule has 0 heterocycles. The molecule has 0 amide bonds. The minimum Gasteiger partial charge on any atom is -0.300 e. The Morgan fingerprint density at radius 3 is 2.19 bits per heavy atom. The Balaban J connectivity index is 2.79. The van der Waals surface area contributed by atoms with Crippen molar-refractivity contribution in [1.29, 1.82) is 0 Å². The number of benzene rings is 1. The predicted molar refractivity (Wildman–Crippen MR) is 68.6 cm³/mol. The van der Waals surface area contributed by atoms with Crippen molar-refractivity contribution >= 4 is 5.78 Å². The molecule has 0 saturated heterocycles. The van der Waals surface area contributed by atoms with Gasteiger partial charge in [-0.25, -0.2) is 0 Å². The van der Waals surface area contributed by atoms with Crippen LogP contribution in [-0.4, -0.2) is 5.78 Å². The van der Waals surface area contributed by atoms with Gasteiger partial charge in [-0.3, -0.25) is 0 Å². The van der Waals surface area contributed by atoms with Crippen molar-refractivity contribution in [2.75, 3.05) is 0 Å². The quantitative estimate of drug-likeness (QED) is 0.751. The summed E-state index contributed by atoms with van der Waals surface area (Å²) in [6, 6.07) is 8.46. The van der Waals surface area contributed by atoms with Crippen LogP contribution in [0.25, 0.3) is 0 Å². The third-order valence-electron chi connectivity index (χ3n) is 2.59. The van der Waals surface area contributed by atoms with Gasteiger partial charge in [0.1, 0.15) is 5.78 Å². The zero-order valence-corrected chi connectivity index (χ0v) is 10.8. The summed E-state index contributed by atoms with van der Waals surface area (Å²) in [5, 5.41) is 0. The Bertz CT molecular complexity index is 358. The van der Waals surface area contributed by atoms with Crippen molar-refractivity contribution in [2.24, 2.45) is 5.41 Å². The number of carbonyl (C=O) groups is 1. The first-order valence-electron chi connectivity index (χ1n) is 5.95. The van der Waals surface area contributed by atoms with Crippen LogP contribution in [0.15, 0.2) is 24.3 Å². The van der Waals surface area contributed by atoms with E-state index in [1.165, 1.54) is 11.1 Å². The molecular weight excluding hydrogens is 196 g/mol. The van der Waals surface area contributed by atoms with Gasteiger partial charge in [0, 0.05) is 6.42 Å². The van der Waals surface area contributed by atoms with Gasteiger partial charge in [-0.15, -0.1) is 0 Å². The SMILES string of the molecule is CC(=O)CCc1ccccc1CC(C)(C)C. The van der Waals surface area contributed by atoms with Gasteiger partial charge in [0.05, 0.1) is 0 Å². The van der Waals surface area contributed by atoms with Crippen LogP contribution in [0.5, 0.6) is 0 Å². The van der Waals surface area contributed by atoms with Gasteiger partial charge in [0.25, 0.3) is 0 Å². The van der Waals surface area contributed by atoms with Crippen molar-refractivity contribution in [3.63, 3.8) is 0 Å². The fraction of sp³-hybridized carbons (Fsp3) is 0.533. The highest BCUT2D eigenvalue weighted by Gasteiger charge is 2.13. The summed E-state index contributed by atoms with van der Waals surface area (Å²) in [5.74, 6) is 0.269. The summed E-state index contributed by atoms with van der Waals surface area (Å²) in [6.07, 6.45) is 2.60. The van der Waals surface area contributed by atoms with Gasteiger partial charge in [-0.2, -0.15) is 0 Å². The molecular formula is C15H22O. The van der Waals surface area contributed by atoms with Crippen molar-refractivity contribution in [3.05, 3.63) is 35.4 Å². The number of rotatable bonds is 4. The number of hydrogen-bond acceptors (Lipinski definition) is 1. The van der Waals surface area contributed by atoms with Crippen LogP contribution in [0.1, 0.15) is 45.2 Å².